The molecule has 0 bridgehead atoms. The van der Waals surface area contributed by atoms with Crippen LogP contribution >= 0.6 is 12.2 Å². The maximum atomic E-state index is 12.4. The lowest BCUT2D eigenvalue weighted by Gasteiger charge is -2.26. The van der Waals surface area contributed by atoms with Gasteiger partial charge in [-0.05, 0) is 0 Å². The average Bonchev–Trinajstić information content (AvgIpc) is 3.06. The zero-order chi connectivity index (χ0) is 17.5. The van der Waals surface area contributed by atoms with Gasteiger partial charge in [-0.1, -0.05) is 24.1 Å². The monoisotopic (exact) mass is 355 g/mol. The second kappa shape index (κ2) is 6.08. The molecule has 0 aromatic carbocycles. The number of aliphatic hydroxyl groups excluding tert-OH is 2. The summed E-state index contributed by atoms with van der Waals surface area (Å²) in [7, 11) is 0. The molecule has 1 aliphatic heterocycles. The fraction of sp³-hybridized carbons (Fsp3) is 0.462. The van der Waals surface area contributed by atoms with Crippen molar-refractivity contribution < 1.29 is 24.4 Å². The Balaban J connectivity index is 2.18. The number of fused-ring (bicyclic) bond motifs is 1. The summed E-state index contributed by atoms with van der Waals surface area (Å²) in [6.45, 7) is -1.58. The van der Waals surface area contributed by atoms with Gasteiger partial charge in [0.25, 0.3) is 0 Å². The molecule has 1 unspecified atom stereocenters. The fourth-order valence-corrected chi connectivity index (χ4v) is 2.88. The summed E-state index contributed by atoms with van der Waals surface area (Å²) in [5.74, 6) is 4.36. The molecular formula is C13H14FN5O4S. The maximum Gasteiger partial charge on any atom is 0.200 e. The second-order valence-electron chi connectivity index (χ2n) is 5.19. The predicted octanol–water partition coefficient (Wildman–Crippen LogP) is -0.974. The van der Waals surface area contributed by atoms with Crippen LogP contribution in [-0.2, 0) is 4.74 Å². The number of halogens is 1. The summed E-state index contributed by atoms with van der Waals surface area (Å²) in [6, 6.07) is 0. The molecule has 3 rings (SSSR count). The Kier molecular flexibility index (Phi) is 4.24. The number of anilines is 1. The minimum absolute atomic E-state index is 0.0184. The van der Waals surface area contributed by atoms with E-state index in [0.717, 1.165) is 0 Å². The van der Waals surface area contributed by atoms with Gasteiger partial charge in [-0.2, -0.15) is 0 Å². The topological polar surface area (TPSA) is 142 Å². The van der Waals surface area contributed by atoms with E-state index in [1.165, 1.54) is 10.9 Å². The smallest absolute Gasteiger partial charge is 0.200 e. The highest BCUT2D eigenvalue weighted by molar-refractivity contribution is 7.71. The van der Waals surface area contributed by atoms with Crippen molar-refractivity contribution in [2.45, 2.75) is 24.0 Å². The highest BCUT2D eigenvalue weighted by Gasteiger charge is 2.55. The first-order chi connectivity index (χ1) is 11.4. The number of aromatic nitrogens is 4. The summed E-state index contributed by atoms with van der Waals surface area (Å²) in [4.78, 5) is 10.7. The number of hydrogen-bond donors (Lipinski definition) is 5. The number of ether oxygens (including phenoxy) is 1. The molecule has 11 heteroatoms. The van der Waals surface area contributed by atoms with Crippen LogP contribution in [0.15, 0.2) is 6.33 Å². The molecule has 2 aromatic heterocycles. The molecule has 1 fully saturated rings. The lowest BCUT2D eigenvalue weighted by atomic mass is 9.94. The van der Waals surface area contributed by atoms with Crippen molar-refractivity contribution in [2.75, 3.05) is 19.0 Å². The molecule has 3 heterocycles. The van der Waals surface area contributed by atoms with E-state index in [9.17, 15) is 19.7 Å². The van der Waals surface area contributed by atoms with Crippen LogP contribution in [0.3, 0.4) is 0 Å². The third-order valence-corrected chi connectivity index (χ3v) is 4.02. The summed E-state index contributed by atoms with van der Waals surface area (Å²) in [5.41, 5.74) is 4.05. The zero-order valence-electron chi connectivity index (χ0n) is 12.2. The van der Waals surface area contributed by atoms with Crippen molar-refractivity contribution in [1.82, 2.24) is 19.5 Å². The minimum atomic E-state index is -2.17. The van der Waals surface area contributed by atoms with E-state index in [2.05, 4.69) is 26.8 Å². The molecule has 1 saturated heterocycles. The third-order valence-electron chi connectivity index (χ3n) is 3.74. The van der Waals surface area contributed by atoms with Crippen LogP contribution in [-0.4, -0.2) is 65.9 Å². The summed E-state index contributed by atoms with van der Waals surface area (Å²) in [5, 5.41) is 30.3. The van der Waals surface area contributed by atoms with E-state index in [1.807, 2.05) is 0 Å². The van der Waals surface area contributed by atoms with Gasteiger partial charge in [0.05, 0.1) is 12.9 Å². The van der Waals surface area contributed by atoms with Gasteiger partial charge in [0, 0.05) is 0 Å². The molecule has 0 aliphatic carbocycles. The molecule has 128 valence electrons. The van der Waals surface area contributed by atoms with Crippen LogP contribution in [0.25, 0.3) is 11.2 Å². The molecule has 0 amide bonds. The van der Waals surface area contributed by atoms with Gasteiger partial charge in [0.1, 0.15) is 30.0 Å². The molecule has 2 aromatic rings. The van der Waals surface area contributed by atoms with Gasteiger partial charge in [0.15, 0.2) is 22.4 Å². The van der Waals surface area contributed by atoms with Crippen LogP contribution in [0, 0.1) is 16.5 Å². The summed E-state index contributed by atoms with van der Waals surface area (Å²) >= 11 is 5.07. The van der Waals surface area contributed by atoms with Gasteiger partial charge < -0.3 is 30.8 Å². The highest BCUT2D eigenvalue weighted by Crippen LogP contribution is 2.39. The Morgan fingerprint density at radius 2 is 2.33 bits per heavy atom. The number of H-pyrrole nitrogens is 1. The van der Waals surface area contributed by atoms with Crippen molar-refractivity contribution >= 4 is 29.3 Å². The number of aliphatic hydroxyl groups is 3. The highest BCUT2D eigenvalue weighted by atomic mass is 32.1. The maximum absolute atomic E-state index is 12.4. The van der Waals surface area contributed by atoms with E-state index in [-0.39, 0.29) is 16.2 Å². The normalized spacial score (nSPS) is 29.6. The third kappa shape index (κ3) is 2.45. The van der Waals surface area contributed by atoms with Gasteiger partial charge in [0.2, 0.25) is 0 Å². The zero-order valence-corrected chi connectivity index (χ0v) is 13.0. The van der Waals surface area contributed by atoms with Crippen molar-refractivity contribution in [2.24, 2.45) is 0 Å². The number of imidazole rings is 1. The van der Waals surface area contributed by atoms with Gasteiger partial charge >= 0.3 is 0 Å². The van der Waals surface area contributed by atoms with E-state index < -0.39 is 37.3 Å². The molecule has 6 N–H and O–H groups in total. The number of aromatic amines is 1. The number of hydrogen-bond acceptors (Lipinski definition) is 8. The Hall–Kier alpha value is -2.10. The molecule has 0 saturated carbocycles. The Morgan fingerprint density at radius 1 is 1.58 bits per heavy atom. The Bertz CT molecular complexity index is 890. The van der Waals surface area contributed by atoms with E-state index in [0.29, 0.717) is 5.52 Å². The van der Waals surface area contributed by atoms with E-state index in [1.54, 1.807) is 0 Å². The van der Waals surface area contributed by atoms with Crippen LogP contribution < -0.4 is 5.73 Å². The molecule has 1 aliphatic rings. The SMILES string of the molecule is Nc1nc(=S)c2ncn([C@@H]3O[C@H](CO)[C@H](O)C3(O)C#CCF)c2[nH]1. The van der Waals surface area contributed by atoms with Crippen molar-refractivity contribution in [1.29, 1.82) is 0 Å². The number of nitrogens with zero attached hydrogens (tertiary/aromatic N) is 3. The molecule has 0 radical (unpaired) electrons. The molecule has 4 atom stereocenters. The quantitative estimate of drug-likeness (QED) is 0.342. The lowest BCUT2D eigenvalue weighted by Crippen LogP contribution is -2.46. The first-order valence-corrected chi connectivity index (χ1v) is 7.28. The lowest BCUT2D eigenvalue weighted by molar-refractivity contribution is -0.0722. The standard InChI is InChI=1S/C13H14FN5O4S/c14-3-1-2-13(22)8(21)6(4-20)23-11(13)19-5-16-7-9(19)17-12(15)18-10(7)24/h5-6,8,11,20-22H,3-4H2,(H3,15,17,18,24)/t6-,8+,11-,13?/m1/s1. The Labute approximate surface area is 139 Å². The molecule has 9 nitrogen and oxygen atoms in total. The molecule has 24 heavy (non-hydrogen) atoms. The van der Waals surface area contributed by atoms with Crippen molar-refractivity contribution in [3.63, 3.8) is 0 Å². The number of nitrogen functional groups attached to an aromatic ring is 1. The fourth-order valence-electron chi connectivity index (χ4n) is 2.64. The van der Waals surface area contributed by atoms with Crippen LogP contribution in [0.1, 0.15) is 6.23 Å². The first kappa shape index (κ1) is 16.7. The number of nitrogens with two attached hydrogens (primary N) is 1. The van der Waals surface area contributed by atoms with Crippen LogP contribution in [0.2, 0.25) is 0 Å². The summed E-state index contributed by atoms with van der Waals surface area (Å²) in [6.07, 6.45) is -2.67. The van der Waals surface area contributed by atoms with Gasteiger partial charge in [-0.15, -0.1) is 0 Å². The largest absolute Gasteiger partial charge is 0.394 e. The van der Waals surface area contributed by atoms with Gasteiger partial charge in [-0.3, -0.25) is 4.57 Å². The predicted molar refractivity (Wildman–Crippen MR) is 82.8 cm³/mol. The van der Waals surface area contributed by atoms with E-state index in [4.69, 9.17) is 22.7 Å². The summed E-state index contributed by atoms with van der Waals surface area (Å²) < 4.78 is 19.4. The van der Waals surface area contributed by atoms with Crippen LogP contribution in [0.4, 0.5) is 10.3 Å². The minimum Gasteiger partial charge on any atom is -0.394 e. The second-order valence-corrected chi connectivity index (χ2v) is 5.58. The van der Waals surface area contributed by atoms with Gasteiger partial charge in [-0.25, -0.2) is 14.4 Å². The molecule has 0 spiro atoms. The van der Waals surface area contributed by atoms with Crippen LogP contribution in [0.5, 0.6) is 0 Å². The average molecular weight is 355 g/mol. The first-order valence-electron chi connectivity index (χ1n) is 6.87. The Morgan fingerprint density at radius 3 is 3.00 bits per heavy atom. The molecular weight excluding hydrogens is 341 g/mol. The number of alkyl halides is 1. The van der Waals surface area contributed by atoms with Crippen molar-refractivity contribution in [3.05, 3.63) is 11.0 Å². The van der Waals surface area contributed by atoms with Crippen molar-refractivity contribution in [3.8, 4) is 11.8 Å². The van der Waals surface area contributed by atoms with E-state index >= 15 is 0 Å². The number of rotatable bonds is 2. The number of nitrogens with one attached hydrogen (secondary N) is 1.